The third-order valence-corrected chi connectivity index (χ3v) is 2.05. The summed E-state index contributed by atoms with van der Waals surface area (Å²) in [7, 11) is 4.89. The monoisotopic (exact) mass is 132 g/mol. The van der Waals surface area contributed by atoms with Gasteiger partial charge >= 0.3 is 0 Å². The van der Waals surface area contributed by atoms with Gasteiger partial charge in [0.25, 0.3) is 0 Å². The molecule has 48 valence electrons. The molecule has 0 bridgehead atoms. The molecule has 0 aromatic carbocycles. The van der Waals surface area contributed by atoms with E-state index in [-0.39, 0.29) is 0 Å². The van der Waals surface area contributed by atoms with Crippen molar-refractivity contribution in [3.05, 3.63) is 0 Å². The van der Waals surface area contributed by atoms with Gasteiger partial charge in [0.15, 0.2) is 0 Å². The number of nitrogens with zero attached hydrogens (tertiary/aromatic N) is 2. The number of hydrogen-bond acceptors (Lipinski definition) is 2. The highest BCUT2D eigenvalue weighted by molar-refractivity contribution is 7.13. The van der Waals surface area contributed by atoms with Gasteiger partial charge in [-0.3, -0.25) is 4.67 Å². The van der Waals surface area contributed by atoms with Crippen LogP contribution in [0.25, 0.3) is 0 Å². The molecule has 1 aliphatic rings. The molecule has 1 fully saturated rings. The Morgan fingerprint density at radius 2 is 1.62 bits per heavy atom. The second-order valence-electron chi connectivity index (χ2n) is 2.34. The maximum Gasteiger partial charge on any atom is 0.0145 e. The van der Waals surface area contributed by atoms with Gasteiger partial charge in [0.1, 0.15) is 0 Å². The molecular formula is C5H13N2P. The molecule has 0 radical (unpaired) electrons. The van der Waals surface area contributed by atoms with E-state index >= 15 is 0 Å². The van der Waals surface area contributed by atoms with Crippen molar-refractivity contribution in [3.8, 4) is 0 Å². The van der Waals surface area contributed by atoms with Gasteiger partial charge in [-0.15, -0.1) is 0 Å². The molecule has 1 aliphatic heterocycles. The van der Waals surface area contributed by atoms with Crippen molar-refractivity contribution >= 4 is 9.39 Å². The molecule has 0 aromatic heterocycles. The van der Waals surface area contributed by atoms with E-state index < -0.39 is 0 Å². The van der Waals surface area contributed by atoms with Crippen LogP contribution >= 0.6 is 9.39 Å². The summed E-state index contributed by atoms with van der Waals surface area (Å²) < 4.78 is 2.28. The van der Waals surface area contributed by atoms with Gasteiger partial charge in [-0.25, -0.2) is 0 Å². The van der Waals surface area contributed by atoms with Gasteiger partial charge < -0.3 is 4.90 Å². The van der Waals surface area contributed by atoms with Gasteiger partial charge in [0.2, 0.25) is 0 Å². The summed E-state index contributed by atoms with van der Waals surface area (Å²) in [6.45, 7) is 4.81. The zero-order valence-corrected chi connectivity index (χ0v) is 6.45. The first-order chi connectivity index (χ1) is 3.79. The molecule has 0 saturated carbocycles. The second kappa shape index (κ2) is 2.77. The van der Waals surface area contributed by atoms with Crippen LogP contribution in [0, 0.1) is 0 Å². The minimum atomic E-state index is 1.20. The van der Waals surface area contributed by atoms with E-state index in [9.17, 15) is 0 Å². The van der Waals surface area contributed by atoms with Crippen LogP contribution < -0.4 is 0 Å². The fraction of sp³-hybridized carbons (Fsp3) is 1.00. The standard InChI is InChI=1S/C5H13N2P/c1-6-2-4-7(8)5-3-6/h2-5,8H2,1H3. The molecule has 1 atom stereocenters. The maximum atomic E-state index is 2.73. The molecule has 0 N–H and O–H groups in total. The summed E-state index contributed by atoms with van der Waals surface area (Å²) in [5.41, 5.74) is 0. The Bertz CT molecular complexity index is 58.8. The molecule has 1 rings (SSSR count). The summed E-state index contributed by atoms with van der Waals surface area (Å²) in [6, 6.07) is 0. The van der Waals surface area contributed by atoms with E-state index in [1.165, 1.54) is 26.2 Å². The van der Waals surface area contributed by atoms with Crippen LogP contribution in [-0.4, -0.2) is 42.8 Å². The lowest BCUT2D eigenvalue weighted by molar-refractivity contribution is 0.233. The van der Waals surface area contributed by atoms with Crippen LogP contribution in [0.15, 0.2) is 0 Å². The largest absolute Gasteiger partial charge is 0.304 e. The van der Waals surface area contributed by atoms with Crippen molar-refractivity contribution in [2.75, 3.05) is 33.2 Å². The SMILES string of the molecule is CN1CCN(P)CC1. The van der Waals surface area contributed by atoms with Gasteiger partial charge in [0.05, 0.1) is 0 Å². The van der Waals surface area contributed by atoms with E-state index in [0.717, 1.165) is 0 Å². The summed E-state index contributed by atoms with van der Waals surface area (Å²) in [5.74, 6) is 0. The molecule has 0 aliphatic carbocycles. The van der Waals surface area contributed by atoms with E-state index in [0.29, 0.717) is 0 Å². The number of hydrogen-bond donors (Lipinski definition) is 0. The van der Waals surface area contributed by atoms with Crippen LogP contribution in [0.2, 0.25) is 0 Å². The Kier molecular flexibility index (Phi) is 2.24. The van der Waals surface area contributed by atoms with E-state index in [1.807, 2.05) is 0 Å². The quantitative estimate of drug-likeness (QED) is 0.429. The van der Waals surface area contributed by atoms with E-state index in [4.69, 9.17) is 0 Å². The summed E-state index contributed by atoms with van der Waals surface area (Å²) in [6.07, 6.45) is 0. The first-order valence-corrected chi connectivity index (χ1v) is 3.49. The van der Waals surface area contributed by atoms with Crippen LogP contribution in [-0.2, 0) is 0 Å². The first kappa shape index (κ1) is 6.47. The van der Waals surface area contributed by atoms with Crippen LogP contribution in [0.4, 0.5) is 0 Å². The fourth-order valence-electron chi connectivity index (χ4n) is 0.822. The Hall–Kier alpha value is 0.350. The molecule has 0 aromatic rings. The van der Waals surface area contributed by atoms with Crippen LogP contribution in [0.5, 0.6) is 0 Å². The van der Waals surface area contributed by atoms with Crippen molar-refractivity contribution in [2.45, 2.75) is 0 Å². The molecule has 0 amide bonds. The zero-order chi connectivity index (χ0) is 5.98. The van der Waals surface area contributed by atoms with Crippen LogP contribution in [0.1, 0.15) is 0 Å². The fourth-order valence-corrected chi connectivity index (χ4v) is 1.05. The van der Waals surface area contributed by atoms with Gasteiger partial charge in [-0.2, -0.15) is 0 Å². The first-order valence-electron chi connectivity index (χ1n) is 2.97. The van der Waals surface area contributed by atoms with Crippen molar-refractivity contribution in [3.63, 3.8) is 0 Å². The molecule has 2 nitrogen and oxygen atoms in total. The molecule has 8 heavy (non-hydrogen) atoms. The Morgan fingerprint density at radius 1 is 1.12 bits per heavy atom. The summed E-state index contributed by atoms with van der Waals surface area (Å²) >= 11 is 0. The smallest absolute Gasteiger partial charge is 0.0145 e. The highest BCUT2D eigenvalue weighted by Gasteiger charge is 2.07. The molecular weight excluding hydrogens is 119 g/mol. The van der Waals surface area contributed by atoms with Crippen LogP contribution in [0.3, 0.4) is 0 Å². The van der Waals surface area contributed by atoms with Gasteiger partial charge in [-0.05, 0) is 7.05 Å². The van der Waals surface area contributed by atoms with Crippen molar-refractivity contribution in [1.82, 2.24) is 9.57 Å². The maximum absolute atomic E-state index is 2.73. The predicted octanol–water partition coefficient (Wildman–Crippen LogP) is 0.0239. The predicted molar refractivity (Wildman–Crippen MR) is 38.8 cm³/mol. The lowest BCUT2D eigenvalue weighted by Crippen LogP contribution is -2.39. The Morgan fingerprint density at radius 3 is 2.00 bits per heavy atom. The van der Waals surface area contributed by atoms with E-state index in [1.54, 1.807) is 0 Å². The molecule has 1 saturated heterocycles. The van der Waals surface area contributed by atoms with Crippen molar-refractivity contribution in [1.29, 1.82) is 0 Å². The highest BCUT2D eigenvalue weighted by Crippen LogP contribution is 2.02. The van der Waals surface area contributed by atoms with Gasteiger partial charge in [-0.1, -0.05) is 9.39 Å². The summed E-state index contributed by atoms with van der Waals surface area (Å²) in [4.78, 5) is 2.35. The molecule has 1 unspecified atom stereocenters. The van der Waals surface area contributed by atoms with Crippen molar-refractivity contribution < 1.29 is 0 Å². The lowest BCUT2D eigenvalue weighted by atomic mass is 10.4. The number of likely N-dealkylation sites (N-methyl/N-ethyl adjacent to an activating group) is 1. The third-order valence-electron chi connectivity index (χ3n) is 1.54. The molecule has 1 heterocycles. The minimum absolute atomic E-state index is 1.20. The average molecular weight is 132 g/mol. The minimum Gasteiger partial charge on any atom is -0.304 e. The molecule has 3 heteroatoms. The number of rotatable bonds is 0. The topological polar surface area (TPSA) is 6.48 Å². The number of piperazine rings is 1. The Labute approximate surface area is 53.1 Å². The van der Waals surface area contributed by atoms with Crippen molar-refractivity contribution in [2.24, 2.45) is 0 Å². The third kappa shape index (κ3) is 1.70. The van der Waals surface area contributed by atoms with E-state index in [2.05, 4.69) is 26.0 Å². The lowest BCUT2D eigenvalue weighted by Gasteiger charge is -2.28. The highest BCUT2D eigenvalue weighted by atomic mass is 31.0. The zero-order valence-electron chi connectivity index (χ0n) is 5.30. The summed E-state index contributed by atoms with van der Waals surface area (Å²) in [5, 5.41) is 0. The Balaban J connectivity index is 2.19. The molecule has 0 spiro atoms. The second-order valence-corrected chi connectivity index (χ2v) is 3.07. The average Bonchev–Trinajstić information content (AvgIpc) is 1.77. The van der Waals surface area contributed by atoms with Gasteiger partial charge in [0, 0.05) is 26.2 Å². The normalized spacial score (nSPS) is 26.2.